The Balaban J connectivity index is 1.62. The first-order chi connectivity index (χ1) is 12.2. The second kappa shape index (κ2) is 5.66. The smallest absolute Gasteiger partial charge is 0.395 e. The molecular formula is C17H15F2N3O3S. The fourth-order valence-corrected chi connectivity index (χ4v) is 3.87. The van der Waals surface area contributed by atoms with Crippen LogP contribution >= 0.6 is 11.3 Å². The maximum atomic E-state index is 13.1. The minimum Gasteiger partial charge on any atom is -0.395 e. The van der Waals surface area contributed by atoms with Gasteiger partial charge in [-0.05, 0) is 38.5 Å². The maximum Gasteiger partial charge on any atom is 0.586 e. The summed E-state index contributed by atoms with van der Waals surface area (Å²) in [7, 11) is 0. The molecule has 26 heavy (non-hydrogen) atoms. The van der Waals surface area contributed by atoms with Crippen molar-refractivity contribution in [2.45, 2.75) is 33.1 Å². The number of fused-ring (bicyclic) bond motifs is 2. The van der Waals surface area contributed by atoms with E-state index in [-0.39, 0.29) is 23.1 Å². The Morgan fingerprint density at radius 3 is 2.77 bits per heavy atom. The molecule has 0 unspecified atom stereocenters. The van der Waals surface area contributed by atoms with E-state index in [9.17, 15) is 13.6 Å². The van der Waals surface area contributed by atoms with E-state index in [0.717, 1.165) is 10.4 Å². The molecule has 6 nitrogen and oxygen atoms in total. The van der Waals surface area contributed by atoms with Gasteiger partial charge in [0, 0.05) is 16.6 Å². The zero-order chi connectivity index (χ0) is 18.6. The standard InChI is InChI=1S/C17H15F2N3O3S/c1-7-9(3)26-16-13(7)15(23)21-14(22-16)8(2)20-10-4-5-11-12(6-10)25-17(18,19)24-11/h4-6,8,20H,1-3H3,(H,21,22,23)/t8-/m0/s1. The first-order valence-corrected chi connectivity index (χ1v) is 8.71. The number of ether oxygens (including phenoxy) is 2. The molecular weight excluding hydrogens is 364 g/mol. The first kappa shape index (κ1) is 16.8. The Hall–Kier alpha value is -2.68. The van der Waals surface area contributed by atoms with Gasteiger partial charge in [0.2, 0.25) is 0 Å². The van der Waals surface area contributed by atoms with Crippen molar-refractivity contribution in [2.75, 3.05) is 5.32 Å². The molecule has 1 aliphatic rings. The second-order valence-corrected chi connectivity index (χ2v) is 7.31. The van der Waals surface area contributed by atoms with E-state index in [4.69, 9.17) is 0 Å². The van der Waals surface area contributed by atoms with E-state index in [1.165, 1.54) is 23.5 Å². The number of aromatic nitrogens is 2. The molecule has 4 rings (SSSR count). The Labute approximate surface area is 150 Å². The van der Waals surface area contributed by atoms with E-state index < -0.39 is 6.29 Å². The highest BCUT2D eigenvalue weighted by Crippen LogP contribution is 2.42. The average molecular weight is 379 g/mol. The van der Waals surface area contributed by atoms with E-state index in [1.54, 1.807) is 6.07 Å². The van der Waals surface area contributed by atoms with Gasteiger partial charge in [-0.2, -0.15) is 0 Å². The lowest BCUT2D eigenvalue weighted by Crippen LogP contribution is -2.25. The summed E-state index contributed by atoms with van der Waals surface area (Å²) >= 11 is 1.47. The summed E-state index contributed by atoms with van der Waals surface area (Å²) in [5.41, 5.74) is 1.28. The minimum absolute atomic E-state index is 0.0225. The molecule has 0 radical (unpaired) electrons. The lowest BCUT2D eigenvalue weighted by molar-refractivity contribution is -0.286. The van der Waals surface area contributed by atoms with E-state index >= 15 is 0 Å². The number of nitrogens with one attached hydrogen (secondary N) is 2. The van der Waals surface area contributed by atoms with Crippen molar-refractivity contribution in [3.63, 3.8) is 0 Å². The molecule has 0 saturated carbocycles. The zero-order valence-corrected chi connectivity index (χ0v) is 15.0. The minimum atomic E-state index is -3.65. The van der Waals surface area contributed by atoms with Gasteiger partial charge >= 0.3 is 6.29 Å². The number of thiophene rings is 1. The zero-order valence-electron chi connectivity index (χ0n) is 14.1. The van der Waals surface area contributed by atoms with Crippen molar-refractivity contribution in [1.29, 1.82) is 0 Å². The van der Waals surface area contributed by atoms with Crippen LogP contribution in [0, 0.1) is 13.8 Å². The van der Waals surface area contributed by atoms with Crippen LogP contribution in [-0.4, -0.2) is 16.3 Å². The molecule has 3 heterocycles. The molecule has 0 spiro atoms. The van der Waals surface area contributed by atoms with Crippen molar-refractivity contribution >= 4 is 27.2 Å². The van der Waals surface area contributed by atoms with Crippen molar-refractivity contribution in [3.05, 3.63) is 44.8 Å². The topological polar surface area (TPSA) is 76.2 Å². The molecule has 1 atom stereocenters. The van der Waals surface area contributed by atoms with Gasteiger partial charge in [0.1, 0.15) is 10.7 Å². The number of H-pyrrole nitrogens is 1. The summed E-state index contributed by atoms with van der Waals surface area (Å²) in [5.74, 6) is 0.394. The molecule has 0 amide bonds. The number of halogens is 2. The quantitative estimate of drug-likeness (QED) is 0.717. The molecule has 0 fully saturated rings. The highest BCUT2D eigenvalue weighted by molar-refractivity contribution is 7.18. The van der Waals surface area contributed by atoms with Gasteiger partial charge < -0.3 is 19.8 Å². The van der Waals surface area contributed by atoms with Crippen LogP contribution < -0.4 is 20.3 Å². The van der Waals surface area contributed by atoms with Gasteiger partial charge in [-0.3, -0.25) is 4.79 Å². The molecule has 0 bridgehead atoms. The summed E-state index contributed by atoms with van der Waals surface area (Å²) in [6.45, 7) is 5.66. The monoisotopic (exact) mass is 379 g/mol. The van der Waals surface area contributed by atoms with Crippen molar-refractivity contribution in [3.8, 4) is 11.5 Å². The fourth-order valence-electron chi connectivity index (χ4n) is 2.83. The molecule has 1 aromatic carbocycles. The van der Waals surface area contributed by atoms with Crippen LogP contribution in [0.1, 0.15) is 29.2 Å². The molecule has 1 aliphatic heterocycles. The number of alkyl halides is 2. The number of hydrogen-bond acceptors (Lipinski definition) is 6. The normalized spacial score (nSPS) is 16.0. The number of rotatable bonds is 3. The van der Waals surface area contributed by atoms with Crippen LogP contribution in [0.15, 0.2) is 23.0 Å². The molecule has 9 heteroatoms. The number of benzene rings is 1. The fraction of sp³-hybridized carbons (Fsp3) is 0.294. The van der Waals surface area contributed by atoms with Crippen molar-refractivity contribution in [2.24, 2.45) is 0 Å². The highest BCUT2D eigenvalue weighted by atomic mass is 32.1. The molecule has 0 aliphatic carbocycles. The summed E-state index contributed by atoms with van der Waals surface area (Å²) in [5, 5.41) is 3.73. The van der Waals surface area contributed by atoms with E-state index in [0.29, 0.717) is 21.7 Å². The molecule has 2 N–H and O–H groups in total. The van der Waals surface area contributed by atoms with Crippen LogP contribution in [0.4, 0.5) is 14.5 Å². The predicted octanol–water partition coefficient (Wildman–Crippen LogP) is 4.10. The van der Waals surface area contributed by atoms with Crippen LogP contribution in [0.3, 0.4) is 0 Å². The highest BCUT2D eigenvalue weighted by Gasteiger charge is 2.43. The predicted molar refractivity (Wildman–Crippen MR) is 94.4 cm³/mol. The van der Waals surface area contributed by atoms with Crippen molar-refractivity contribution in [1.82, 2.24) is 9.97 Å². The van der Waals surface area contributed by atoms with Gasteiger partial charge in [0.25, 0.3) is 5.56 Å². The first-order valence-electron chi connectivity index (χ1n) is 7.90. The van der Waals surface area contributed by atoms with Gasteiger partial charge in [0.05, 0.1) is 11.4 Å². The number of aromatic amines is 1. The van der Waals surface area contributed by atoms with Gasteiger partial charge in [-0.1, -0.05) is 0 Å². The van der Waals surface area contributed by atoms with Crippen molar-refractivity contribution < 1.29 is 18.3 Å². The Bertz CT molecular complexity index is 1080. The Morgan fingerprint density at radius 1 is 1.27 bits per heavy atom. The number of aryl methyl sites for hydroxylation is 2. The third kappa shape index (κ3) is 2.78. The van der Waals surface area contributed by atoms with Gasteiger partial charge in [-0.15, -0.1) is 20.1 Å². The summed E-state index contributed by atoms with van der Waals surface area (Å²) in [6, 6.07) is 4.06. The number of hydrogen-bond donors (Lipinski definition) is 2. The number of nitrogens with zero attached hydrogens (tertiary/aromatic N) is 1. The Kier molecular flexibility index (Phi) is 3.65. The maximum absolute atomic E-state index is 13.1. The van der Waals surface area contributed by atoms with Gasteiger partial charge in [-0.25, -0.2) is 4.98 Å². The van der Waals surface area contributed by atoms with E-state index in [1.807, 2.05) is 20.8 Å². The lowest BCUT2D eigenvalue weighted by atomic mass is 10.2. The van der Waals surface area contributed by atoms with Crippen LogP contribution in [-0.2, 0) is 0 Å². The molecule has 3 aromatic rings. The third-order valence-electron chi connectivity index (χ3n) is 4.25. The largest absolute Gasteiger partial charge is 0.586 e. The third-order valence-corrected chi connectivity index (χ3v) is 5.35. The summed E-state index contributed by atoms with van der Waals surface area (Å²) in [4.78, 5) is 21.4. The SMILES string of the molecule is Cc1sc2nc([C@H](C)Nc3ccc4c(c3)OC(F)(F)O4)[nH]c(=O)c2c1C. The molecule has 2 aromatic heterocycles. The van der Waals surface area contributed by atoms with Crippen LogP contribution in [0.5, 0.6) is 11.5 Å². The number of anilines is 1. The van der Waals surface area contributed by atoms with Crippen LogP contribution in [0.2, 0.25) is 0 Å². The summed E-state index contributed by atoms with van der Waals surface area (Å²) in [6.07, 6.45) is -3.65. The summed E-state index contributed by atoms with van der Waals surface area (Å²) < 4.78 is 35.0. The lowest BCUT2D eigenvalue weighted by Gasteiger charge is -2.14. The Morgan fingerprint density at radius 2 is 2.00 bits per heavy atom. The second-order valence-electron chi connectivity index (χ2n) is 6.11. The van der Waals surface area contributed by atoms with E-state index in [2.05, 4.69) is 24.8 Å². The molecule has 136 valence electrons. The molecule has 0 saturated heterocycles. The average Bonchev–Trinajstić information content (AvgIpc) is 3.01. The van der Waals surface area contributed by atoms with Gasteiger partial charge in [0.15, 0.2) is 11.5 Å². The van der Waals surface area contributed by atoms with Crippen LogP contribution in [0.25, 0.3) is 10.2 Å².